The maximum atomic E-state index is 9.39. The summed E-state index contributed by atoms with van der Waals surface area (Å²) in [6.07, 6.45) is 1.99. The number of aliphatic hydroxyl groups is 1. The molecule has 0 aliphatic rings. The van der Waals surface area contributed by atoms with Crippen LogP contribution in [-0.4, -0.2) is 21.0 Å². The van der Waals surface area contributed by atoms with E-state index >= 15 is 0 Å². The molecule has 6 heteroatoms. The molecule has 1 aromatic carbocycles. The Hall–Kier alpha value is -1.89. The number of imidazole rings is 1. The lowest BCUT2D eigenvalue weighted by Gasteiger charge is -2.09. The lowest BCUT2D eigenvalue weighted by Crippen LogP contribution is -2.13. The minimum absolute atomic E-state index is 0.0546. The molecule has 0 radical (unpaired) electrons. The summed E-state index contributed by atoms with van der Waals surface area (Å²) in [5.74, 6) is 1.23. The summed E-state index contributed by atoms with van der Waals surface area (Å²) in [5, 5.41) is 14.7. The summed E-state index contributed by atoms with van der Waals surface area (Å²) in [6.45, 7) is 3.57. The standard InChI is InChI=1S/C15H17N3O2S/c1-2-16-9-12-14(17-15-18(12)7-8-21-15)20-13-6-4-3-5-11(13)10-19/h3-8,16,19H,2,9-10H2,1H3. The molecular weight excluding hydrogens is 286 g/mol. The van der Waals surface area contributed by atoms with Gasteiger partial charge in [-0.05, 0) is 12.6 Å². The molecule has 0 saturated carbocycles. The maximum Gasteiger partial charge on any atom is 0.243 e. The molecule has 110 valence electrons. The highest BCUT2D eigenvalue weighted by molar-refractivity contribution is 7.15. The molecule has 0 saturated heterocycles. The molecule has 0 aliphatic heterocycles. The Morgan fingerprint density at radius 1 is 1.38 bits per heavy atom. The number of fused-ring (bicyclic) bond motifs is 1. The zero-order valence-electron chi connectivity index (χ0n) is 11.7. The molecule has 3 rings (SSSR count). The van der Waals surface area contributed by atoms with Crippen LogP contribution in [0, 0.1) is 0 Å². The van der Waals surface area contributed by atoms with Crippen LogP contribution in [0.15, 0.2) is 35.8 Å². The molecule has 0 fully saturated rings. The van der Waals surface area contributed by atoms with Crippen LogP contribution in [0.1, 0.15) is 18.2 Å². The molecule has 2 heterocycles. The van der Waals surface area contributed by atoms with Gasteiger partial charge in [-0.1, -0.05) is 25.1 Å². The second-order valence-electron chi connectivity index (χ2n) is 4.57. The van der Waals surface area contributed by atoms with E-state index in [4.69, 9.17) is 4.74 Å². The van der Waals surface area contributed by atoms with Crippen LogP contribution < -0.4 is 10.1 Å². The van der Waals surface area contributed by atoms with Gasteiger partial charge in [0.1, 0.15) is 11.4 Å². The number of ether oxygens (including phenoxy) is 1. The predicted molar refractivity (Wildman–Crippen MR) is 82.9 cm³/mol. The van der Waals surface area contributed by atoms with E-state index in [1.807, 2.05) is 40.2 Å². The fourth-order valence-electron chi connectivity index (χ4n) is 2.14. The van der Waals surface area contributed by atoms with Crippen LogP contribution in [0.3, 0.4) is 0 Å². The number of aromatic nitrogens is 2. The number of para-hydroxylation sites is 1. The van der Waals surface area contributed by atoms with Crippen molar-refractivity contribution in [2.45, 2.75) is 20.1 Å². The van der Waals surface area contributed by atoms with Crippen molar-refractivity contribution in [3.8, 4) is 11.6 Å². The van der Waals surface area contributed by atoms with Crippen molar-refractivity contribution < 1.29 is 9.84 Å². The largest absolute Gasteiger partial charge is 0.437 e. The molecule has 0 atom stereocenters. The van der Waals surface area contributed by atoms with E-state index in [0.29, 0.717) is 18.2 Å². The number of thiazole rings is 1. The number of benzene rings is 1. The van der Waals surface area contributed by atoms with Gasteiger partial charge < -0.3 is 15.2 Å². The summed E-state index contributed by atoms with van der Waals surface area (Å²) in [5.41, 5.74) is 1.74. The first-order valence-corrected chi connectivity index (χ1v) is 7.73. The first-order valence-electron chi connectivity index (χ1n) is 6.85. The number of nitrogens with zero attached hydrogens (tertiary/aromatic N) is 2. The van der Waals surface area contributed by atoms with E-state index in [1.165, 1.54) is 0 Å². The van der Waals surface area contributed by atoms with E-state index in [1.54, 1.807) is 11.3 Å². The third kappa shape index (κ3) is 2.78. The summed E-state index contributed by atoms with van der Waals surface area (Å²) >= 11 is 1.57. The van der Waals surface area contributed by atoms with Crippen molar-refractivity contribution in [1.29, 1.82) is 0 Å². The van der Waals surface area contributed by atoms with Crippen molar-refractivity contribution in [3.05, 3.63) is 47.1 Å². The fourth-order valence-corrected chi connectivity index (χ4v) is 2.86. The third-order valence-electron chi connectivity index (χ3n) is 3.22. The van der Waals surface area contributed by atoms with Gasteiger partial charge in [-0.15, -0.1) is 11.3 Å². The van der Waals surface area contributed by atoms with Crippen molar-refractivity contribution in [2.75, 3.05) is 6.54 Å². The summed E-state index contributed by atoms with van der Waals surface area (Å²) in [7, 11) is 0. The Morgan fingerprint density at radius 2 is 2.24 bits per heavy atom. The molecule has 3 aromatic rings. The second kappa shape index (κ2) is 6.26. The molecule has 0 amide bonds. The summed E-state index contributed by atoms with van der Waals surface area (Å²) in [4.78, 5) is 5.44. The van der Waals surface area contributed by atoms with Crippen LogP contribution in [0.5, 0.6) is 11.6 Å². The Kier molecular flexibility index (Phi) is 4.19. The summed E-state index contributed by atoms with van der Waals surface area (Å²) in [6, 6.07) is 7.45. The molecule has 21 heavy (non-hydrogen) atoms. The van der Waals surface area contributed by atoms with Gasteiger partial charge in [0.2, 0.25) is 5.88 Å². The monoisotopic (exact) mass is 303 g/mol. The number of nitrogens with one attached hydrogen (secondary N) is 1. The Labute approximate surface area is 126 Å². The van der Waals surface area contributed by atoms with Crippen LogP contribution in [0.4, 0.5) is 0 Å². The Morgan fingerprint density at radius 3 is 3.05 bits per heavy atom. The summed E-state index contributed by atoms with van der Waals surface area (Å²) < 4.78 is 7.98. The van der Waals surface area contributed by atoms with Gasteiger partial charge in [0.25, 0.3) is 0 Å². The maximum absolute atomic E-state index is 9.39. The average Bonchev–Trinajstić information content (AvgIpc) is 3.07. The molecule has 0 aliphatic carbocycles. The SMILES string of the molecule is CCNCc1c(Oc2ccccc2CO)nc2sccn12. The van der Waals surface area contributed by atoms with Crippen LogP contribution >= 0.6 is 11.3 Å². The van der Waals surface area contributed by atoms with Crippen LogP contribution in [0.2, 0.25) is 0 Å². The fraction of sp³-hybridized carbons (Fsp3) is 0.267. The molecule has 2 N–H and O–H groups in total. The lowest BCUT2D eigenvalue weighted by atomic mass is 10.2. The minimum atomic E-state index is -0.0546. The van der Waals surface area contributed by atoms with E-state index in [0.717, 1.165) is 22.8 Å². The lowest BCUT2D eigenvalue weighted by molar-refractivity contribution is 0.276. The zero-order chi connectivity index (χ0) is 14.7. The van der Waals surface area contributed by atoms with Crippen molar-refractivity contribution >= 4 is 16.3 Å². The Bertz CT molecular complexity index is 735. The molecule has 0 bridgehead atoms. The smallest absolute Gasteiger partial charge is 0.243 e. The van der Waals surface area contributed by atoms with Crippen LogP contribution in [0.25, 0.3) is 4.96 Å². The average molecular weight is 303 g/mol. The van der Waals surface area contributed by atoms with E-state index < -0.39 is 0 Å². The Balaban J connectivity index is 1.97. The molecule has 5 nitrogen and oxygen atoms in total. The van der Waals surface area contributed by atoms with Crippen molar-refractivity contribution in [3.63, 3.8) is 0 Å². The molecule has 0 unspecified atom stereocenters. The highest BCUT2D eigenvalue weighted by atomic mass is 32.1. The first kappa shape index (κ1) is 14.1. The van der Waals surface area contributed by atoms with Gasteiger partial charge in [-0.3, -0.25) is 4.40 Å². The third-order valence-corrected chi connectivity index (χ3v) is 3.97. The van der Waals surface area contributed by atoms with Gasteiger partial charge in [0, 0.05) is 23.7 Å². The number of hydrogen-bond donors (Lipinski definition) is 2. The van der Waals surface area contributed by atoms with Gasteiger partial charge in [0.15, 0.2) is 4.96 Å². The number of hydrogen-bond acceptors (Lipinski definition) is 5. The first-order chi connectivity index (χ1) is 10.3. The van der Waals surface area contributed by atoms with Crippen molar-refractivity contribution in [2.24, 2.45) is 0 Å². The van der Waals surface area contributed by atoms with E-state index in [-0.39, 0.29) is 6.61 Å². The second-order valence-corrected chi connectivity index (χ2v) is 5.44. The number of rotatable bonds is 6. The number of aliphatic hydroxyl groups excluding tert-OH is 1. The normalized spacial score (nSPS) is 11.1. The predicted octanol–water partition coefficient (Wildman–Crippen LogP) is 2.79. The van der Waals surface area contributed by atoms with Gasteiger partial charge >= 0.3 is 0 Å². The quantitative estimate of drug-likeness (QED) is 0.735. The van der Waals surface area contributed by atoms with Crippen molar-refractivity contribution in [1.82, 2.24) is 14.7 Å². The highest BCUT2D eigenvalue weighted by Gasteiger charge is 2.15. The van der Waals surface area contributed by atoms with Crippen LogP contribution in [-0.2, 0) is 13.2 Å². The topological polar surface area (TPSA) is 58.8 Å². The zero-order valence-corrected chi connectivity index (χ0v) is 12.6. The molecule has 0 spiro atoms. The molecular formula is C15H17N3O2S. The van der Waals surface area contributed by atoms with Gasteiger partial charge in [-0.2, -0.15) is 4.98 Å². The van der Waals surface area contributed by atoms with Gasteiger partial charge in [-0.25, -0.2) is 0 Å². The molecule has 2 aromatic heterocycles. The van der Waals surface area contributed by atoms with E-state index in [9.17, 15) is 5.11 Å². The highest BCUT2D eigenvalue weighted by Crippen LogP contribution is 2.29. The minimum Gasteiger partial charge on any atom is -0.437 e. The van der Waals surface area contributed by atoms with Gasteiger partial charge in [0.05, 0.1) is 6.61 Å². The van der Waals surface area contributed by atoms with E-state index in [2.05, 4.69) is 17.2 Å².